The van der Waals surface area contributed by atoms with Crippen LogP contribution >= 0.6 is 0 Å². The van der Waals surface area contributed by atoms with E-state index in [4.69, 9.17) is 13.9 Å². The largest absolute Gasteiger partial charge is 0.448 e. The number of ether oxygens (including phenoxy) is 2. The summed E-state index contributed by atoms with van der Waals surface area (Å²) in [4.78, 5) is 71.2. The van der Waals surface area contributed by atoms with Crippen molar-refractivity contribution in [3.63, 3.8) is 0 Å². The Kier molecular flexibility index (Phi) is 10.8. The molecule has 5 atom stereocenters. The minimum absolute atomic E-state index is 0.0188. The first kappa shape index (κ1) is 38.8. The molecule has 3 aliphatic heterocycles. The molecule has 0 bridgehead atoms. The molecule has 2 fully saturated rings. The molecule has 3 N–H and O–H groups in total. The van der Waals surface area contributed by atoms with Gasteiger partial charge >= 0.3 is 12.2 Å². The molecule has 0 spiro atoms. The van der Waals surface area contributed by atoms with Gasteiger partial charge in [-0.25, -0.2) is 18.7 Å². The number of carbonyl (C=O) groups excluding carboxylic acids is 5. The van der Waals surface area contributed by atoms with Gasteiger partial charge in [0.25, 0.3) is 15.9 Å². The predicted octanol–water partition coefficient (Wildman–Crippen LogP) is 3.94. The molecule has 54 heavy (non-hydrogen) atoms. The number of nitrogens with zero attached hydrogens (tertiary/aromatic N) is 2. The SMILES string of the molecule is Cc1ccc(S(=O)(=O)NC(=O)[C@@]23C[C@H]2C=CCCCCC[C@H](NC(=O)OC(C)(C)C)C(=O)N2C[C@H](OC(=O)N4Cc5cccc(F)c5C4)C[C@H]2C(=O)N3)o1. The van der Waals surface area contributed by atoms with Crippen LogP contribution in [-0.4, -0.2) is 84.0 Å². The predicted molar refractivity (Wildman–Crippen MR) is 189 cm³/mol. The second-order valence-electron chi connectivity index (χ2n) is 15.3. The van der Waals surface area contributed by atoms with Gasteiger partial charge in [-0.1, -0.05) is 37.1 Å². The van der Waals surface area contributed by atoms with Crippen molar-refractivity contribution >= 4 is 39.9 Å². The molecular formula is C37H46FN5O10S. The summed E-state index contributed by atoms with van der Waals surface area (Å²) in [5.74, 6) is -3.06. The van der Waals surface area contributed by atoms with Crippen LogP contribution in [-0.2, 0) is 47.0 Å². The topological polar surface area (TPSA) is 194 Å². The summed E-state index contributed by atoms with van der Waals surface area (Å²) >= 11 is 0. The first-order valence-corrected chi connectivity index (χ1v) is 19.6. The van der Waals surface area contributed by atoms with Gasteiger partial charge in [-0.15, -0.1) is 0 Å². The lowest BCUT2D eigenvalue weighted by Gasteiger charge is -2.30. The number of nitrogens with one attached hydrogen (secondary N) is 3. The summed E-state index contributed by atoms with van der Waals surface area (Å²) < 4.78 is 59.2. The molecule has 2 aromatic rings. The maximum Gasteiger partial charge on any atom is 0.410 e. The minimum atomic E-state index is -4.44. The average molecular weight is 772 g/mol. The number of allylic oxidation sites excluding steroid dienone is 1. The maximum atomic E-state index is 14.4. The van der Waals surface area contributed by atoms with E-state index in [1.807, 2.05) is 10.8 Å². The van der Waals surface area contributed by atoms with Gasteiger partial charge < -0.3 is 29.4 Å². The van der Waals surface area contributed by atoms with Crippen molar-refractivity contribution in [1.82, 2.24) is 25.2 Å². The maximum absolute atomic E-state index is 14.4. The molecule has 1 aromatic carbocycles. The molecule has 1 saturated carbocycles. The van der Waals surface area contributed by atoms with Crippen molar-refractivity contribution in [1.29, 1.82) is 0 Å². The fourth-order valence-corrected chi connectivity index (χ4v) is 8.18. The van der Waals surface area contributed by atoms with Crippen LogP contribution in [0.1, 0.15) is 82.6 Å². The third-order valence-corrected chi connectivity index (χ3v) is 11.2. The van der Waals surface area contributed by atoms with Gasteiger partial charge in [0.2, 0.25) is 16.9 Å². The quantitative estimate of drug-likeness (QED) is 0.375. The zero-order valence-electron chi connectivity index (χ0n) is 30.7. The third-order valence-electron chi connectivity index (χ3n) is 10.00. The van der Waals surface area contributed by atoms with Gasteiger partial charge in [-0.3, -0.25) is 19.3 Å². The number of hydrogen-bond acceptors (Lipinski definition) is 10. The van der Waals surface area contributed by atoms with Crippen LogP contribution in [0, 0.1) is 18.7 Å². The highest BCUT2D eigenvalue weighted by Crippen LogP contribution is 2.46. The number of aryl methyl sites for hydroxylation is 1. The van der Waals surface area contributed by atoms with Gasteiger partial charge in [0, 0.05) is 24.4 Å². The number of hydrogen-bond donors (Lipinski definition) is 3. The van der Waals surface area contributed by atoms with E-state index in [0.29, 0.717) is 36.1 Å². The molecule has 17 heteroatoms. The number of amides is 5. The zero-order chi connectivity index (χ0) is 39.0. The fraction of sp³-hybridized carbons (Fsp3) is 0.541. The number of rotatable bonds is 5. The molecule has 4 heterocycles. The Balaban J connectivity index is 1.26. The molecule has 4 aliphatic rings. The summed E-state index contributed by atoms with van der Waals surface area (Å²) in [7, 11) is -4.44. The molecule has 15 nitrogen and oxygen atoms in total. The van der Waals surface area contributed by atoms with E-state index in [9.17, 15) is 36.8 Å². The standard InChI is InChI=1S/C37H46FN5O10S/c1-22-15-16-30(51-22)54(49,50)41-33(46)37-18-24(37)12-8-6-5-7-9-14-28(39-34(47)53-36(2,3)4)32(45)43-20-25(17-29(43)31(44)40-37)52-35(48)42-19-23-11-10-13-27(38)26(23)21-42/h8,10-13,15-16,24-25,28-29H,5-7,9,14,17-21H2,1-4H3,(H,39,47)(H,40,44)(H,41,46)/t24-,25-,28+,29+,37-/m1/s1. The van der Waals surface area contributed by atoms with Crippen LogP contribution in [0.15, 0.2) is 52.0 Å². The summed E-state index contributed by atoms with van der Waals surface area (Å²) in [6.07, 6.45) is 3.81. The molecule has 1 aliphatic carbocycles. The molecular weight excluding hydrogens is 725 g/mol. The first-order chi connectivity index (χ1) is 25.5. The molecule has 292 valence electrons. The number of halogens is 1. The van der Waals surface area contributed by atoms with Crippen LogP contribution in [0.2, 0.25) is 0 Å². The van der Waals surface area contributed by atoms with Crippen molar-refractivity contribution in [3.8, 4) is 0 Å². The van der Waals surface area contributed by atoms with E-state index < -0.39 is 86.1 Å². The molecule has 5 amide bonds. The summed E-state index contributed by atoms with van der Waals surface area (Å²) in [6.45, 7) is 6.47. The van der Waals surface area contributed by atoms with E-state index in [1.54, 1.807) is 45.9 Å². The summed E-state index contributed by atoms with van der Waals surface area (Å²) in [5.41, 5.74) is -1.52. The zero-order valence-corrected chi connectivity index (χ0v) is 31.5. The molecule has 0 radical (unpaired) electrons. The lowest BCUT2D eigenvalue weighted by molar-refractivity contribution is -0.141. The Morgan fingerprint density at radius 1 is 1.07 bits per heavy atom. The van der Waals surface area contributed by atoms with Gasteiger partial charge in [0.05, 0.1) is 13.1 Å². The van der Waals surface area contributed by atoms with Crippen molar-refractivity contribution < 1.29 is 50.7 Å². The Hall–Kier alpha value is -4.93. The van der Waals surface area contributed by atoms with Crippen LogP contribution in [0.25, 0.3) is 0 Å². The van der Waals surface area contributed by atoms with Gasteiger partial charge in [-0.2, -0.15) is 8.42 Å². The number of benzene rings is 1. The lowest BCUT2D eigenvalue weighted by Crippen LogP contribution is -2.58. The highest BCUT2D eigenvalue weighted by Gasteiger charge is 2.62. The van der Waals surface area contributed by atoms with E-state index in [0.717, 1.165) is 6.42 Å². The van der Waals surface area contributed by atoms with Gasteiger partial charge in [0.1, 0.15) is 40.9 Å². The highest BCUT2D eigenvalue weighted by atomic mass is 32.2. The Labute approximate surface area is 313 Å². The monoisotopic (exact) mass is 771 g/mol. The molecule has 6 rings (SSSR count). The first-order valence-electron chi connectivity index (χ1n) is 18.1. The summed E-state index contributed by atoms with van der Waals surface area (Å²) in [6, 6.07) is 4.84. The second kappa shape index (κ2) is 15.1. The van der Waals surface area contributed by atoms with Gasteiger partial charge in [0.15, 0.2) is 0 Å². The number of fused-ring (bicyclic) bond motifs is 3. The Bertz CT molecular complexity index is 1960. The van der Waals surface area contributed by atoms with Gasteiger partial charge in [-0.05, 0) is 77.1 Å². The molecule has 1 saturated heterocycles. The van der Waals surface area contributed by atoms with Crippen LogP contribution in [0.3, 0.4) is 0 Å². The number of sulfonamides is 1. The smallest absolute Gasteiger partial charge is 0.410 e. The van der Waals surface area contributed by atoms with E-state index in [-0.39, 0.29) is 38.9 Å². The van der Waals surface area contributed by atoms with Crippen LogP contribution in [0.4, 0.5) is 14.0 Å². The lowest BCUT2D eigenvalue weighted by atomic mass is 10.0. The van der Waals surface area contributed by atoms with E-state index >= 15 is 0 Å². The average Bonchev–Trinajstić information content (AvgIpc) is 3.46. The van der Waals surface area contributed by atoms with Crippen LogP contribution in [0.5, 0.6) is 0 Å². The Morgan fingerprint density at radius 3 is 2.56 bits per heavy atom. The highest BCUT2D eigenvalue weighted by molar-refractivity contribution is 7.89. The normalized spacial score (nSPS) is 26.0. The molecule has 0 unspecified atom stereocenters. The number of furan rings is 1. The fourth-order valence-electron chi connectivity index (χ4n) is 7.16. The third kappa shape index (κ3) is 8.55. The van der Waals surface area contributed by atoms with Crippen LogP contribution < -0.4 is 15.4 Å². The number of carbonyl (C=O) groups is 5. The molecule has 1 aromatic heterocycles. The minimum Gasteiger partial charge on any atom is -0.448 e. The van der Waals surface area contributed by atoms with Crippen molar-refractivity contribution in [2.75, 3.05) is 6.54 Å². The van der Waals surface area contributed by atoms with E-state index in [2.05, 4.69) is 10.6 Å². The van der Waals surface area contributed by atoms with E-state index in [1.165, 1.54) is 28.0 Å². The summed E-state index contributed by atoms with van der Waals surface area (Å²) in [5, 5.41) is 4.94. The van der Waals surface area contributed by atoms with Crippen molar-refractivity contribution in [2.45, 2.75) is 120 Å². The Morgan fingerprint density at radius 2 is 1.85 bits per heavy atom. The van der Waals surface area contributed by atoms with Crippen molar-refractivity contribution in [2.24, 2.45) is 5.92 Å². The second-order valence-corrected chi connectivity index (χ2v) is 16.9. The van der Waals surface area contributed by atoms with Crippen molar-refractivity contribution in [3.05, 3.63) is 65.2 Å². The number of alkyl carbamates (subject to hydrolysis) is 1.